The van der Waals surface area contributed by atoms with Gasteiger partial charge in [-0.3, -0.25) is 10.1 Å². The zero-order valence-corrected chi connectivity index (χ0v) is 10.3. The number of nitrogens with two attached hydrogens (primary N) is 1. The van der Waals surface area contributed by atoms with Gasteiger partial charge in [0.05, 0.1) is 4.92 Å². The molecule has 94 valence electrons. The Morgan fingerprint density at radius 3 is 2.89 bits per heavy atom. The molecule has 1 aromatic rings. The summed E-state index contributed by atoms with van der Waals surface area (Å²) in [6.07, 6.45) is 1.66. The van der Waals surface area contributed by atoms with Crippen molar-refractivity contribution in [3.8, 4) is 0 Å². The second kappa shape index (κ2) is 4.41. The first kappa shape index (κ1) is 12.6. The van der Waals surface area contributed by atoms with Crippen LogP contribution in [-0.2, 0) is 5.54 Å². The normalized spacial score (nSPS) is 22.7. The lowest BCUT2D eigenvalue weighted by atomic mass is 9.92. The van der Waals surface area contributed by atoms with Crippen LogP contribution in [0.25, 0.3) is 0 Å². The van der Waals surface area contributed by atoms with E-state index in [2.05, 4.69) is 4.99 Å². The number of rotatable bonds is 2. The van der Waals surface area contributed by atoms with Crippen LogP contribution >= 0.6 is 11.8 Å². The molecule has 0 unspecified atom stereocenters. The molecule has 0 bridgehead atoms. The molecule has 1 heterocycles. The smallest absolute Gasteiger partial charge is 0.270 e. The van der Waals surface area contributed by atoms with Crippen LogP contribution < -0.4 is 5.73 Å². The standard InChI is InChI=1S/C11H10FN3O2S/c1-11(4-5-18-10(13)14-11)8-6-7(15(16)17)2-3-9(8)12/h2-6H,1H3,(H2,13,14)/t11-/m0/s1. The topological polar surface area (TPSA) is 81.5 Å². The Morgan fingerprint density at radius 1 is 1.56 bits per heavy atom. The number of amidine groups is 1. The van der Waals surface area contributed by atoms with Crippen molar-refractivity contribution in [1.29, 1.82) is 0 Å². The van der Waals surface area contributed by atoms with Gasteiger partial charge >= 0.3 is 0 Å². The van der Waals surface area contributed by atoms with E-state index in [9.17, 15) is 14.5 Å². The summed E-state index contributed by atoms with van der Waals surface area (Å²) in [6.45, 7) is 1.65. The Morgan fingerprint density at radius 2 is 2.28 bits per heavy atom. The quantitative estimate of drug-likeness (QED) is 0.659. The molecule has 18 heavy (non-hydrogen) atoms. The predicted molar refractivity (Wildman–Crippen MR) is 68.8 cm³/mol. The third-order valence-corrected chi connectivity index (χ3v) is 3.23. The van der Waals surface area contributed by atoms with Crippen LogP contribution in [0.1, 0.15) is 12.5 Å². The molecule has 1 aliphatic heterocycles. The van der Waals surface area contributed by atoms with Gasteiger partial charge in [-0.25, -0.2) is 9.38 Å². The Balaban J connectivity index is 2.56. The maximum atomic E-state index is 13.8. The second-order valence-corrected chi connectivity index (χ2v) is 4.87. The number of aliphatic imine (C=N–C) groups is 1. The zero-order valence-electron chi connectivity index (χ0n) is 9.46. The molecule has 1 aromatic carbocycles. The minimum atomic E-state index is -1.01. The number of non-ortho nitro benzene ring substituents is 1. The largest absolute Gasteiger partial charge is 0.378 e. The van der Waals surface area contributed by atoms with Gasteiger partial charge < -0.3 is 5.73 Å². The van der Waals surface area contributed by atoms with E-state index in [1.165, 1.54) is 17.8 Å². The van der Waals surface area contributed by atoms with E-state index in [1.807, 2.05) is 0 Å². The first-order valence-electron chi connectivity index (χ1n) is 5.06. The van der Waals surface area contributed by atoms with Crippen LogP contribution in [0.3, 0.4) is 0 Å². The minimum Gasteiger partial charge on any atom is -0.378 e. The molecule has 2 rings (SSSR count). The van der Waals surface area contributed by atoms with Gasteiger partial charge in [-0.05, 0) is 24.5 Å². The summed E-state index contributed by atoms with van der Waals surface area (Å²) < 4.78 is 13.8. The highest BCUT2D eigenvalue weighted by Crippen LogP contribution is 2.35. The van der Waals surface area contributed by atoms with Gasteiger partial charge in [0, 0.05) is 17.7 Å². The minimum absolute atomic E-state index is 0.135. The first-order chi connectivity index (χ1) is 8.42. The molecular formula is C11H10FN3O2S. The summed E-state index contributed by atoms with van der Waals surface area (Å²) in [4.78, 5) is 14.3. The first-order valence-corrected chi connectivity index (χ1v) is 5.94. The van der Waals surface area contributed by atoms with E-state index in [0.29, 0.717) is 5.17 Å². The van der Waals surface area contributed by atoms with Crippen molar-refractivity contribution in [2.75, 3.05) is 0 Å². The van der Waals surface area contributed by atoms with Crippen LogP contribution in [-0.4, -0.2) is 10.1 Å². The maximum Gasteiger partial charge on any atom is 0.270 e. The van der Waals surface area contributed by atoms with Crippen LogP contribution in [0, 0.1) is 15.9 Å². The van der Waals surface area contributed by atoms with E-state index in [1.54, 1.807) is 18.4 Å². The average molecular weight is 267 g/mol. The number of nitro groups is 1. The number of benzene rings is 1. The van der Waals surface area contributed by atoms with E-state index < -0.39 is 16.3 Å². The zero-order chi connectivity index (χ0) is 13.3. The molecule has 0 radical (unpaired) electrons. The van der Waals surface area contributed by atoms with Crippen LogP contribution in [0.4, 0.5) is 10.1 Å². The average Bonchev–Trinajstić information content (AvgIpc) is 2.28. The van der Waals surface area contributed by atoms with Gasteiger partial charge in [-0.2, -0.15) is 0 Å². The Labute approximate surface area is 107 Å². The van der Waals surface area contributed by atoms with Crippen molar-refractivity contribution in [2.24, 2.45) is 10.7 Å². The molecule has 0 amide bonds. The third-order valence-electron chi connectivity index (χ3n) is 2.63. The third kappa shape index (κ3) is 2.21. The fraction of sp³-hybridized carbons (Fsp3) is 0.182. The fourth-order valence-electron chi connectivity index (χ4n) is 1.69. The molecular weight excluding hydrogens is 257 g/mol. The second-order valence-electron chi connectivity index (χ2n) is 3.94. The van der Waals surface area contributed by atoms with Crippen molar-refractivity contribution < 1.29 is 9.31 Å². The Bertz CT molecular complexity index is 573. The molecule has 0 fully saturated rings. The van der Waals surface area contributed by atoms with Gasteiger partial charge in [0.2, 0.25) is 0 Å². The lowest BCUT2D eigenvalue weighted by Crippen LogP contribution is -2.24. The molecule has 0 spiro atoms. The Kier molecular flexibility index (Phi) is 3.08. The molecule has 1 aliphatic rings. The van der Waals surface area contributed by atoms with E-state index in [0.717, 1.165) is 12.1 Å². The molecule has 2 N–H and O–H groups in total. The van der Waals surface area contributed by atoms with Gasteiger partial charge in [-0.15, -0.1) is 0 Å². The van der Waals surface area contributed by atoms with Gasteiger partial charge in [0.25, 0.3) is 5.69 Å². The predicted octanol–water partition coefficient (Wildman–Crippen LogP) is 2.52. The molecule has 1 atom stereocenters. The molecule has 0 aliphatic carbocycles. The number of hydrogen-bond donors (Lipinski definition) is 1. The van der Waals surface area contributed by atoms with Crippen LogP contribution in [0.5, 0.6) is 0 Å². The van der Waals surface area contributed by atoms with Crippen molar-refractivity contribution in [1.82, 2.24) is 0 Å². The monoisotopic (exact) mass is 267 g/mol. The summed E-state index contributed by atoms with van der Waals surface area (Å²) in [5.41, 5.74) is 4.55. The highest BCUT2D eigenvalue weighted by Gasteiger charge is 2.30. The van der Waals surface area contributed by atoms with Crippen molar-refractivity contribution in [3.63, 3.8) is 0 Å². The number of nitro benzene ring substituents is 1. The van der Waals surface area contributed by atoms with Gasteiger partial charge in [0.1, 0.15) is 11.4 Å². The summed E-state index contributed by atoms with van der Waals surface area (Å²) >= 11 is 1.22. The number of halogens is 1. The summed E-state index contributed by atoms with van der Waals surface area (Å²) in [7, 11) is 0. The van der Waals surface area contributed by atoms with Gasteiger partial charge in [0.15, 0.2) is 5.17 Å². The summed E-state index contributed by atoms with van der Waals surface area (Å²) in [5, 5.41) is 12.7. The van der Waals surface area contributed by atoms with Crippen LogP contribution in [0.2, 0.25) is 0 Å². The fourth-order valence-corrected chi connectivity index (χ4v) is 2.41. The summed E-state index contributed by atoms with van der Waals surface area (Å²) in [6, 6.07) is 3.38. The molecule has 0 aromatic heterocycles. The van der Waals surface area contributed by atoms with Crippen molar-refractivity contribution in [3.05, 3.63) is 51.2 Å². The lowest BCUT2D eigenvalue weighted by Gasteiger charge is -2.25. The van der Waals surface area contributed by atoms with Crippen molar-refractivity contribution in [2.45, 2.75) is 12.5 Å². The highest BCUT2D eigenvalue weighted by atomic mass is 32.2. The van der Waals surface area contributed by atoms with Crippen LogP contribution in [0.15, 0.2) is 34.7 Å². The molecule has 5 nitrogen and oxygen atoms in total. The Hall–Kier alpha value is -1.89. The number of nitrogens with zero attached hydrogens (tertiary/aromatic N) is 2. The summed E-state index contributed by atoms with van der Waals surface area (Å²) in [5.74, 6) is -0.545. The van der Waals surface area contributed by atoms with E-state index in [-0.39, 0.29) is 11.3 Å². The lowest BCUT2D eigenvalue weighted by molar-refractivity contribution is -0.385. The van der Waals surface area contributed by atoms with Gasteiger partial charge in [-0.1, -0.05) is 11.8 Å². The van der Waals surface area contributed by atoms with E-state index >= 15 is 0 Å². The molecule has 0 saturated carbocycles. The number of hydrogen-bond acceptors (Lipinski definition) is 5. The van der Waals surface area contributed by atoms with Crippen molar-refractivity contribution >= 4 is 22.6 Å². The maximum absolute atomic E-state index is 13.8. The highest BCUT2D eigenvalue weighted by molar-refractivity contribution is 8.16. The molecule has 0 saturated heterocycles. The van der Waals surface area contributed by atoms with E-state index in [4.69, 9.17) is 5.73 Å². The number of thioether (sulfide) groups is 1. The molecule has 7 heteroatoms. The SMILES string of the molecule is C[C@@]1(c2cc([N+](=O)[O-])ccc2F)C=CSC(N)=N1.